The summed E-state index contributed by atoms with van der Waals surface area (Å²) in [4.78, 5) is 0. The van der Waals surface area contributed by atoms with E-state index in [0.717, 1.165) is 43.8 Å². The first-order chi connectivity index (χ1) is 5.72. The normalized spacial score (nSPS) is 34.8. The average molecular weight is 174 g/mol. The van der Waals surface area contributed by atoms with Gasteiger partial charge in [-0.25, -0.2) is 0 Å². The maximum Gasteiger partial charge on any atom is 0.152 e. The van der Waals surface area contributed by atoms with Crippen molar-refractivity contribution in [3.8, 4) is 0 Å². The van der Waals surface area contributed by atoms with Gasteiger partial charge in [0.15, 0.2) is 6.10 Å². The molecule has 0 spiro atoms. The molecule has 1 fully saturated rings. The van der Waals surface area contributed by atoms with Crippen molar-refractivity contribution in [1.29, 1.82) is 0 Å². The molecule has 4 heteroatoms. The molecule has 0 aliphatic carbocycles. The van der Waals surface area contributed by atoms with Gasteiger partial charge in [0.1, 0.15) is 13.1 Å². The van der Waals surface area contributed by atoms with Gasteiger partial charge in [0, 0.05) is 13.1 Å². The molecule has 1 rings (SSSR count). The number of nitrogens with two attached hydrogens (primary N) is 1. The third kappa shape index (κ3) is 2.17. The lowest BCUT2D eigenvalue weighted by molar-refractivity contribution is -0.970. The molecule has 0 aromatic carbocycles. The second kappa shape index (κ2) is 4.18. The standard InChI is InChI=1S/C8H20N3O/c1-10-3-5-11(4-2-9)6-8(12)7-11/h8,10,12H,2-7,9H2,1H3/q+1. The Bertz CT molecular complexity index is 129. The predicted octanol–water partition coefficient (Wildman–Crippen LogP) is -1.64. The highest BCUT2D eigenvalue weighted by Crippen LogP contribution is 2.18. The van der Waals surface area contributed by atoms with Gasteiger partial charge < -0.3 is 20.6 Å². The van der Waals surface area contributed by atoms with Crippen molar-refractivity contribution >= 4 is 0 Å². The highest BCUT2D eigenvalue weighted by Gasteiger charge is 2.41. The first kappa shape index (κ1) is 9.92. The molecule has 1 aliphatic heterocycles. The number of rotatable bonds is 5. The van der Waals surface area contributed by atoms with Crippen LogP contribution in [0.2, 0.25) is 0 Å². The number of likely N-dealkylation sites (tertiary alicyclic amines) is 1. The van der Waals surface area contributed by atoms with E-state index < -0.39 is 0 Å². The summed E-state index contributed by atoms with van der Waals surface area (Å²) in [5, 5.41) is 12.4. The Morgan fingerprint density at radius 3 is 2.58 bits per heavy atom. The number of nitrogens with zero attached hydrogens (tertiary/aromatic N) is 1. The van der Waals surface area contributed by atoms with Gasteiger partial charge >= 0.3 is 0 Å². The van der Waals surface area contributed by atoms with Crippen molar-refractivity contribution in [3.63, 3.8) is 0 Å². The van der Waals surface area contributed by atoms with Gasteiger partial charge in [0.2, 0.25) is 0 Å². The molecule has 0 atom stereocenters. The second-order valence-corrected chi connectivity index (χ2v) is 3.70. The maximum atomic E-state index is 9.23. The van der Waals surface area contributed by atoms with Gasteiger partial charge in [-0.05, 0) is 7.05 Å². The van der Waals surface area contributed by atoms with E-state index in [-0.39, 0.29) is 6.10 Å². The Morgan fingerprint density at radius 1 is 1.50 bits per heavy atom. The summed E-state index contributed by atoms with van der Waals surface area (Å²) in [6, 6.07) is 0. The zero-order valence-electron chi connectivity index (χ0n) is 7.79. The molecule has 4 N–H and O–H groups in total. The summed E-state index contributed by atoms with van der Waals surface area (Å²) in [6.07, 6.45) is -0.0894. The first-order valence-corrected chi connectivity index (χ1v) is 4.60. The van der Waals surface area contributed by atoms with E-state index >= 15 is 0 Å². The number of quaternary nitrogens is 1. The minimum absolute atomic E-state index is 0.0894. The second-order valence-electron chi connectivity index (χ2n) is 3.70. The third-order valence-corrected chi connectivity index (χ3v) is 2.64. The van der Waals surface area contributed by atoms with Gasteiger partial charge in [-0.15, -0.1) is 0 Å². The van der Waals surface area contributed by atoms with Crippen molar-refractivity contribution in [2.24, 2.45) is 5.73 Å². The van der Waals surface area contributed by atoms with Crippen LogP contribution in [-0.2, 0) is 0 Å². The van der Waals surface area contributed by atoms with E-state index in [9.17, 15) is 5.11 Å². The molecule has 0 unspecified atom stereocenters. The Kier molecular flexibility index (Phi) is 3.46. The number of nitrogens with one attached hydrogen (secondary N) is 1. The maximum absolute atomic E-state index is 9.23. The molecular formula is C8H20N3O+. The van der Waals surface area contributed by atoms with Crippen LogP contribution in [0.25, 0.3) is 0 Å². The fourth-order valence-corrected chi connectivity index (χ4v) is 1.94. The monoisotopic (exact) mass is 174 g/mol. The van der Waals surface area contributed by atoms with Gasteiger partial charge in [-0.3, -0.25) is 0 Å². The predicted molar refractivity (Wildman–Crippen MR) is 48.7 cm³/mol. The van der Waals surface area contributed by atoms with E-state index in [2.05, 4.69) is 5.32 Å². The minimum Gasteiger partial charge on any atom is -0.382 e. The zero-order valence-corrected chi connectivity index (χ0v) is 7.79. The largest absolute Gasteiger partial charge is 0.382 e. The molecule has 1 aliphatic rings. The quantitative estimate of drug-likeness (QED) is 0.438. The topological polar surface area (TPSA) is 58.3 Å². The lowest BCUT2D eigenvalue weighted by Gasteiger charge is -2.48. The molecule has 0 amide bonds. The molecule has 1 heterocycles. The Balaban J connectivity index is 2.29. The van der Waals surface area contributed by atoms with Gasteiger partial charge in [-0.2, -0.15) is 0 Å². The van der Waals surface area contributed by atoms with E-state index in [4.69, 9.17) is 5.73 Å². The Labute approximate surface area is 73.9 Å². The molecule has 72 valence electrons. The molecule has 0 radical (unpaired) electrons. The molecule has 4 nitrogen and oxygen atoms in total. The summed E-state index contributed by atoms with van der Waals surface area (Å²) < 4.78 is 0.999. The Hall–Kier alpha value is -0.160. The summed E-state index contributed by atoms with van der Waals surface area (Å²) >= 11 is 0. The van der Waals surface area contributed by atoms with Crippen molar-refractivity contribution in [2.45, 2.75) is 6.10 Å². The van der Waals surface area contributed by atoms with E-state index in [0.29, 0.717) is 0 Å². The highest BCUT2D eigenvalue weighted by atomic mass is 16.3. The summed E-state index contributed by atoms with van der Waals surface area (Å²) in [5.41, 5.74) is 5.52. The smallest absolute Gasteiger partial charge is 0.152 e. The van der Waals surface area contributed by atoms with E-state index in [1.54, 1.807) is 0 Å². The summed E-state index contributed by atoms with van der Waals surface area (Å²) in [6.45, 7) is 5.59. The molecule has 0 aromatic rings. The van der Waals surface area contributed by atoms with Crippen molar-refractivity contribution < 1.29 is 9.59 Å². The van der Waals surface area contributed by atoms with Crippen LogP contribution in [0.4, 0.5) is 0 Å². The molecule has 0 bridgehead atoms. The lowest BCUT2D eigenvalue weighted by Crippen LogP contribution is -2.69. The molecular weight excluding hydrogens is 154 g/mol. The van der Waals surface area contributed by atoms with Crippen LogP contribution < -0.4 is 11.1 Å². The van der Waals surface area contributed by atoms with Crippen LogP contribution in [0.5, 0.6) is 0 Å². The van der Waals surface area contributed by atoms with E-state index in [1.165, 1.54) is 0 Å². The molecule has 0 aromatic heterocycles. The number of hydrogen-bond acceptors (Lipinski definition) is 3. The SMILES string of the molecule is CNCC[N+]1(CCN)CC(O)C1. The van der Waals surface area contributed by atoms with Crippen molar-refractivity contribution in [1.82, 2.24) is 5.32 Å². The fraction of sp³-hybridized carbons (Fsp3) is 1.00. The number of hydrogen-bond donors (Lipinski definition) is 3. The fourth-order valence-electron chi connectivity index (χ4n) is 1.94. The van der Waals surface area contributed by atoms with Crippen molar-refractivity contribution in [2.75, 3.05) is 46.3 Å². The number of aliphatic hydroxyl groups is 1. The Morgan fingerprint density at radius 2 is 2.17 bits per heavy atom. The zero-order chi connectivity index (χ0) is 9.03. The average Bonchev–Trinajstić information content (AvgIpc) is 1.98. The highest BCUT2D eigenvalue weighted by molar-refractivity contribution is 4.67. The van der Waals surface area contributed by atoms with Gasteiger partial charge in [0.05, 0.1) is 13.1 Å². The van der Waals surface area contributed by atoms with Crippen LogP contribution in [0.15, 0.2) is 0 Å². The summed E-state index contributed by atoms with van der Waals surface area (Å²) in [7, 11) is 1.95. The van der Waals surface area contributed by atoms with Gasteiger partial charge in [-0.1, -0.05) is 0 Å². The first-order valence-electron chi connectivity index (χ1n) is 4.60. The van der Waals surface area contributed by atoms with Crippen molar-refractivity contribution in [3.05, 3.63) is 0 Å². The van der Waals surface area contributed by atoms with E-state index in [1.807, 2.05) is 7.05 Å². The van der Waals surface area contributed by atoms with Crippen LogP contribution in [0, 0.1) is 0 Å². The van der Waals surface area contributed by atoms with Crippen LogP contribution in [0.1, 0.15) is 0 Å². The molecule has 1 saturated heterocycles. The minimum atomic E-state index is -0.0894. The van der Waals surface area contributed by atoms with Crippen LogP contribution in [-0.4, -0.2) is 62.0 Å². The number of aliphatic hydroxyl groups excluding tert-OH is 1. The number of likely N-dealkylation sites (N-methyl/N-ethyl adjacent to an activating group) is 1. The summed E-state index contributed by atoms with van der Waals surface area (Å²) in [5.74, 6) is 0. The van der Waals surface area contributed by atoms with Crippen LogP contribution >= 0.6 is 0 Å². The molecule has 12 heavy (non-hydrogen) atoms. The lowest BCUT2D eigenvalue weighted by atomic mass is 10.1. The van der Waals surface area contributed by atoms with Crippen LogP contribution in [0.3, 0.4) is 0 Å². The third-order valence-electron chi connectivity index (χ3n) is 2.64. The van der Waals surface area contributed by atoms with Gasteiger partial charge in [0.25, 0.3) is 0 Å². The molecule has 0 saturated carbocycles.